The summed E-state index contributed by atoms with van der Waals surface area (Å²) in [5, 5.41) is 3.20. The molecule has 0 rings (SSSR count). The molecule has 0 aromatic carbocycles. The van der Waals surface area contributed by atoms with E-state index >= 15 is 0 Å². The van der Waals surface area contributed by atoms with Crippen molar-refractivity contribution in [1.29, 1.82) is 0 Å². The van der Waals surface area contributed by atoms with E-state index < -0.39 is 0 Å². The second kappa shape index (κ2) is 20.6. The average Bonchev–Trinajstić information content (AvgIpc) is 2.39. The Morgan fingerprint density at radius 3 is 1.88 bits per heavy atom. The molecule has 0 saturated heterocycles. The number of hydrogen-bond donors (Lipinski definition) is 1. The second-order valence-corrected chi connectivity index (χ2v) is 3.48. The molecule has 0 saturated carbocycles. The summed E-state index contributed by atoms with van der Waals surface area (Å²) in [6.07, 6.45) is 7.28. The van der Waals surface area contributed by atoms with Crippen molar-refractivity contribution in [2.75, 3.05) is 13.1 Å². The Labute approximate surface area is 110 Å². The molecule has 0 aromatic heterocycles. The molecule has 0 fully saturated rings. The molecule has 1 heteroatoms. The van der Waals surface area contributed by atoms with E-state index in [-0.39, 0.29) is 0 Å². The van der Waals surface area contributed by atoms with E-state index in [9.17, 15) is 0 Å². The van der Waals surface area contributed by atoms with E-state index in [1.807, 2.05) is 33.8 Å². The van der Waals surface area contributed by atoms with Crippen LogP contribution in [0.15, 0.2) is 36.0 Å². The van der Waals surface area contributed by atoms with E-state index in [4.69, 9.17) is 0 Å². The SMILES string of the molecule is C=C/C(C)=C\C(C)=C/C.CC.CCCNCC. The van der Waals surface area contributed by atoms with Crippen LogP contribution < -0.4 is 5.32 Å². The molecule has 1 nitrogen and oxygen atoms in total. The first-order valence-corrected chi connectivity index (χ1v) is 6.76. The highest BCUT2D eigenvalue weighted by atomic mass is 14.8. The highest BCUT2D eigenvalue weighted by molar-refractivity contribution is 5.25. The van der Waals surface area contributed by atoms with Crippen molar-refractivity contribution in [3.63, 3.8) is 0 Å². The smallest absolute Gasteiger partial charge is 0.00517 e. The molecule has 0 unspecified atom stereocenters. The topological polar surface area (TPSA) is 12.0 Å². The molecule has 0 aliphatic rings. The maximum Gasteiger partial charge on any atom is -0.00517 e. The molecular formula is C16H33N. The van der Waals surface area contributed by atoms with Crippen molar-refractivity contribution in [3.05, 3.63) is 36.0 Å². The Balaban J connectivity index is -0.000000213. The molecule has 0 bridgehead atoms. The third-order valence-electron chi connectivity index (χ3n) is 1.91. The van der Waals surface area contributed by atoms with Gasteiger partial charge in [0.15, 0.2) is 0 Å². The van der Waals surface area contributed by atoms with Crippen LogP contribution in [0.5, 0.6) is 0 Å². The predicted molar refractivity (Wildman–Crippen MR) is 83.6 cm³/mol. The first-order chi connectivity index (χ1) is 8.12. The molecule has 0 atom stereocenters. The third-order valence-corrected chi connectivity index (χ3v) is 1.91. The van der Waals surface area contributed by atoms with Crippen LogP contribution in [-0.2, 0) is 0 Å². The lowest BCUT2D eigenvalue weighted by molar-refractivity contribution is 0.703. The molecule has 102 valence electrons. The Morgan fingerprint density at radius 2 is 1.65 bits per heavy atom. The first-order valence-electron chi connectivity index (χ1n) is 6.76. The number of allylic oxidation sites excluding steroid dienone is 5. The van der Waals surface area contributed by atoms with Crippen LogP contribution in [0, 0.1) is 0 Å². The highest BCUT2D eigenvalue weighted by Crippen LogP contribution is 2.00. The molecule has 0 aromatic rings. The summed E-state index contributed by atoms with van der Waals surface area (Å²) in [6.45, 7) is 20.4. The minimum Gasteiger partial charge on any atom is -0.317 e. The van der Waals surface area contributed by atoms with Crippen molar-refractivity contribution in [1.82, 2.24) is 5.32 Å². The summed E-state index contributed by atoms with van der Waals surface area (Å²) < 4.78 is 0. The van der Waals surface area contributed by atoms with Gasteiger partial charge in [0.1, 0.15) is 0 Å². The van der Waals surface area contributed by atoms with Gasteiger partial charge in [0.05, 0.1) is 0 Å². The number of rotatable bonds is 5. The Kier molecular flexibility index (Phi) is 26.0. The third kappa shape index (κ3) is 25.4. The summed E-state index contributed by atoms with van der Waals surface area (Å²) >= 11 is 0. The van der Waals surface area contributed by atoms with Crippen molar-refractivity contribution >= 4 is 0 Å². The van der Waals surface area contributed by atoms with Crippen molar-refractivity contribution in [2.24, 2.45) is 0 Å². The Morgan fingerprint density at radius 1 is 1.12 bits per heavy atom. The predicted octanol–water partition coefficient (Wildman–Crippen LogP) is 5.12. The lowest BCUT2D eigenvalue weighted by Gasteiger charge is -1.91. The zero-order valence-electron chi connectivity index (χ0n) is 13.1. The van der Waals surface area contributed by atoms with Crippen LogP contribution in [0.2, 0.25) is 0 Å². The molecule has 0 heterocycles. The van der Waals surface area contributed by atoms with Gasteiger partial charge in [-0.15, -0.1) is 0 Å². The van der Waals surface area contributed by atoms with E-state index in [0.29, 0.717) is 0 Å². The van der Waals surface area contributed by atoms with E-state index in [1.165, 1.54) is 17.6 Å². The second-order valence-electron chi connectivity index (χ2n) is 3.48. The van der Waals surface area contributed by atoms with Gasteiger partial charge in [-0.25, -0.2) is 0 Å². The monoisotopic (exact) mass is 239 g/mol. The largest absolute Gasteiger partial charge is 0.317 e. The fourth-order valence-corrected chi connectivity index (χ4v) is 0.855. The van der Waals surface area contributed by atoms with E-state index in [1.54, 1.807) is 0 Å². The van der Waals surface area contributed by atoms with Crippen LogP contribution >= 0.6 is 0 Å². The van der Waals surface area contributed by atoms with E-state index in [2.05, 4.69) is 44.8 Å². The van der Waals surface area contributed by atoms with Gasteiger partial charge in [-0.05, 0) is 40.3 Å². The number of nitrogens with one attached hydrogen (secondary N) is 1. The van der Waals surface area contributed by atoms with Gasteiger partial charge < -0.3 is 5.32 Å². The fraction of sp³-hybridized carbons (Fsp3) is 0.625. The molecule has 1 N–H and O–H groups in total. The molecule has 0 radical (unpaired) electrons. The average molecular weight is 239 g/mol. The van der Waals surface area contributed by atoms with Crippen molar-refractivity contribution < 1.29 is 0 Å². The maximum atomic E-state index is 3.65. The Hall–Kier alpha value is -0.820. The van der Waals surface area contributed by atoms with Crippen LogP contribution in [0.1, 0.15) is 54.9 Å². The summed E-state index contributed by atoms with van der Waals surface area (Å²) in [7, 11) is 0. The highest BCUT2D eigenvalue weighted by Gasteiger charge is 1.79. The zero-order chi connectivity index (χ0) is 14.1. The van der Waals surface area contributed by atoms with Gasteiger partial charge in [-0.2, -0.15) is 0 Å². The van der Waals surface area contributed by atoms with Gasteiger partial charge >= 0.3 is 0 Å². The standard InChI is InChI=1S/C9H14.C5H13N.C2H6/c1-5-8(3)7-9(4)6-2;1-3-5-6-4-2;1-2/h5-7H,1H2,2-4H3;6H,3-5H2,1-2H3;1-2H3/b8-7-,9-6-;;. The van der Waals surface area contributed by atoms with Crippen LogP contribution in [0.25, 0.3) is 0 Å². The first kappa shape index (κ1) is 21.5. The van der Waals surface area contributed by atoms with Gasteiger partial charge in [0.25, 0.3) is 0 Å². The Bertz CT molecular complexity index is 196. The number of hydrogen-bond acceptors (Lipinski definition) is 1. The molecule has 17 heavy (non-hydrogen) atoms. The van der Waals surface area contributed by atoms with Crippen LogP contribution in [0.4, 0.5) is 0 Å². The quantitative estimate of drug-likeness (QED) is 0.519. The molecule has 0 aliphatic heterocycles. The van der Waals surface area contributed by atoms with Crippen LogP contribution in [-0.4, -0.2) is 13.1 Å². The van der Waals surface area contributed by atoms with Gasteiger partial charge in [0, 0.05) is 0 Å². The van der Waals surface area contributed by atoms with Crippen molar-refractivity contribution in [3.8, 4) is 0 Å². The summed E-state index contributed by atoms with van der Waals surface area (Å²) in [4.78, 5) is 0. The summed E-state index contributed by atoms with van der Waals surface area (Å²) in [6, 6.07) is 0. The maximum absolute atomic E-state index is 3.65. The van der Waals surface area contributed by atoms with E-state index in [0.717, 1.165) is 13.1 Å². The van der Waals surface area contributed by atoms with Gasteiger partial charge in [0.2, 0.25) is 0 Å². The molecule has 0 spiro atoms. The molecule has 0 aliphatic carbocycles. The van der Waals surface area contributed by atoms with Crippen LogP contribution in [0.3, 0.4) is 0 Å². The van der Waals surface area contributed by atoms with Gasteiger partial charge in [-0.3, -0.25) is 0 Å². The summed E-state index contributed by atoms with van der Waals surface area (Å²) in [5.74, 6) is 0. The summed E-state index contributed by atoms with van der Waals surface area (Å²) in [5.41, 5.74) is 2.50. The van der Waals surface area contributed by atoms with Gasteiger partial charge in [-0.1, -0.05) is 63.6 Å². The van der Waals surface area contributed by atoms with Crippen molar-refractivity contribution in [2.45, 2.75) is 54.9 Å². The molecular weight excluding hydrogens is 206 g/mol. The minimum absolute atomic E-state index is 1.10. The normalized spacial score (nSPS) is 10.8. The lowest BCUT2D eigenvalue weighted by Crippen LogP contribution is -2.12. The fourth-order valence-electron chi connectivity index (χ4n) is 0.855. The molecule has 0 amide bonds. The minimum atomic E-state index is 1.10. The lowest BCUT2D eigenvalue weighted by atomic mass is 10.2. The zero-order valence-corrected chi connectivity index (χ0v) is 13.1.